The zero-order valence-electron chi connectivity index (χ0n) is 13.1. The second kappa shape index (κ2) is 6.95. The summed E-state index contributed by atoms with van der Waals surface area (Å²) in [6.45, 7) is 0.352. The molecule has 0 aliphatic rings. The predicted octanol–water partition coefficient (Wildman–Crippen LogP) is 3.39. The van der Waals surface area contributed by atoms with Crippen molar-refractivity contribution in [2.45, 2.75) is 6.61 Å². The highest BCUT2D eigenvalue weighted by molar-refractivity contribution is 6.04. The quantitative estimate of drug-likeness (QED) is 0.782. The second-order valence-corrected chi connectivity index (χ2v) is 5.20. The minimum absolute atomic E-state index is 0.00705. The monoisotopic (exact) mass is 325 g/mol. The fourth-order valence-corrected chi connectivity index (χ4v) is 2.16. The van der Waals surface area contributed by atoms with E-state index in [0.717, 1.165) is 5.82 Å². The molecule has 1 amide bonds. The highest BCUT2D eigenvalue weighted by Crippen LogP contribution is 2.18. The molecule has 0 atom stereocenters. The van der Waals surface area contributed by atoms with Gasteiger partial charge in [-0.1, -0.05) is 12.1 Å². The number of ether oxygens (including phenoxy) is 1. The van der Waals surface area contributed by atoms with E-state index in [-0.39, 0.29) is 5.56 Å². The van der Waals surface area contributed by atoms with Gasteiger partial charge in [-0.05, 0) is 36.4 Å². The van der Waals surface area contributed by atoms with Gasteiger partial charge in [-0.2, -0.15) is 0 Å². The lowest BCUT2D eigenvalue weighted by molar-refractivity contribution is 0.102. The maximum atomic E-state index is 13.6. The number of aromatic nitrogens is 2. The Kier molecular flexibility index (Phi) is 4.56. The molecule has 5 nitrogen and oxygen atoms in total. The van der Waals surface area contributed by atoms with Gasteiger partial charge in [-0.25, -0.2) is 9.37 Å². The fraction of sp³-hybridized carbons (Fsp3) is 0.111. The summed E-state index contributed by atoms with van der Waals surface area (Å²) in [5.74, 6) is 0.425. The van der Waals surface area contributed by atoms with Crippen molar-refractivity contribution in [1.29, 1.82) is 0 Å². The molecule has 0 bridgehead atoms. The Hall–Kier alpha value is -3.15. The van der Waals surface area contributed by atoms with Crippen molar-refractivity contribution < 1.29 is 13.9 Å². The fourth-order valence-electron chi connectivity index (χ4n) is 2.16. The van der Waals surface area contributed by atoms with Gasteiger partial charge in [-0.15, -0.1) is 0 Å². The number of aryl methyl sites for hydroxylation is 1. The highest BCUT2D eigenvalue weighted by atomic mass is 19.1. The topological polar surface area (TPSA) is 56.1 Å². The third-order valence-corrected chi connectivity index (χ3v) is 3.52. The first kappa shape index (κ1) is 15.7. The van der Waals surface area contributed by atoms with E-state index in [1.54, 1.807) is 42.6 Å². The molecule has 0 aliphatic heterocycles. The molecule has 1 heterocycles. The molecule has 1 aromatic heterocycles. The molecule has 0 spiro atoms. The third-order valence-electron chi connectivity index (χ3n) is 3.52. The average molecular weight is 325 g/mol. The number of nitrogens with one attached hydrogen (secondary N) is 1. The van der Waals surface area contributed by atoms with Crippen LogP contribution < -0.4 is 10.1 Å². The Balaban J connectivity index is 1.61. The van der Waals surface area contributed by atoms with Crippen LogP contribution in [0.15, 0.2) is 60.9 Å². The van der Waals surface area contributed by atoms with Gasteiger partial charge in [0.25, 0.3) is 5.91 Å². The lowest BCUT2D eigenvalue weighted by Crippen LogP contribution is -2.13. The van der Waals surface area contributed by atoms with Crippen LogP contribution in [0.4, 0.5) is 10.1 Å². The third kappa shape index (κ3) is 3.60. The highest BCUT2D eigenvalue weighted by Gasteiger charge is 2.10. The standard InChI is InChI=1S/C18H16FN3O2/c1-22-11-10-20-17(22)12-24-14-8-6-13(7-9-14)21-18(23)15-4-2-3-5-16(15)19/h2-11H,12H2,1H3,(H,21,23). The number of hydrogen-bond donors (Lipinski definition) is 1. The van der Waals surface area contributed by atoms with Gasteiger partial charge in [0.1, 0.15) is 24.0 Å². The van der Waals surface area contributed by atoms with Crippen molar-refractivity contribution in [3.63, 3.8) is 0 Å². The summed E-state index contributed by atoms with van der Waals surface area (Å²) in [4.78, 5) is 16.2. The summed E-state index contributed by atoms with van der Waals surface area (Å²) in [5, 5.41) is 2.65. The molecule has 2 aromatic carbocycles. The van der Waals surface area contributed by atoms with Crippen LogP contribution in [0.1, 0.15) is 16.2 Å². The summed E-state index contributed by atoms with van der Waals surface area (Å²) in [5.41, 5.74) is 0.570. The van der Waals surface area contributed by atoms with Crippen LogP contribution in [0.25, 0.3) is 0 Å². The Labute approximate surface area is 138 Å². The molecule has 0 radical (unpaired) electrons. The maximum absolute atomic E-state index is 13.6. The number of halogens is 1. The van der Waals surface area contributed by atoms with Crippen molar-refractivity contribution in [2.75, 3.05) is 5.32 Å². The summed E-state index contributed by atoms with van der Waals surface area (Å²) < 4.78 is 21.1. The summed E-state index contributed by atoms with van der Waals surface area (Å²) in [6, 6.07) is 12.7. The normalized spacial score (nSPS) is 10.4. The van der Waals surface area contributed by atoms with Crippen LogP contribution in [0.2, 0.25) is 0 Å². The van der Waals surface area contributed by atoms with Crippen molar-refractivity contribution in [3.8, 4) is 5.75 Å². The number of anilines is 1. The molecular weight excluding hydrogens is 309 g/mol. The number of amides is 1. The van der Waals surface area contributed by atoms with Crippen molar-refractivity contribution >= 4 is 11.6 Å². The molecule has 3 aromatic rings. The van der Waals surface area contributed by atoms with E-state index in [1.165, 1.54) is 12.1 Å². The second-order valence-electron chi connectivity index (χ2n) is 5.20. The molecular formula is C18H16FN3O2. The zero-order valence-corrected chi connectivity index (χ0v) is 13.1. The molecule has 0 saturated carbocycles. The van der Waals surface area contributed by atoms with Crippen LogP contribution in [0.3, 0.4) is 0 Å². The van der Waals surface area contributed by atoms with E-state index in [0.29, 0.717) is 18.0 Å². The first-order chi connectivity index (χ1) is 11.6. The summed E-state index contributed by atoms with van der Waals surface area (Å²) in [7, 11) is 1.90. The number of nitrogens with zero attached hydrogens (tertiary/aromatic N) is 2. The van der Waals surface area contributed by atoms with Crippen molar-refractivity contribution in [1.82, 2.24) is 9.55 Å². The predicted molar refractivity (Wildman–Crippen MR) is 88.3 cm³/mol. The van der Waals surface area contributed by atoms with Crippen LogP contribution in [-0.2, 0) is 13.7 Å². The van der Waals surface area contributed by atoms with E-state index in [4.69, 9.17) is 4.74 Å². The number of hydrogen-bond acceptors (Lipinski definition) is 3. The van der Waals surface area contributed by atoms with Gasteiger partial charge in [0.2, 0.25) is 0 Å². The number of rotatable bonds is 5. The number of carbonyl (C=O) groups excluding carboxylic acids is 1. The molecule has 3 rings (SSSR count). The minimum atomic E-state index is -0.551. The van der Waals surface area contributed by atoms with Crippen molar-refractivity contribution in [3.05, 3.63) is 78.1 Å². The van der Waals surface area contributed by atoms with Crippen LogP contribution in [-0.4, -0.2) is 15.5 Å². The Morgan fingerprint density at radius 2 is 1.96 bits per heavy atom. The summed E-state index contributed by atoms with van der Waals surface area (Å²) in [6.07, 6.45) is 3.56. The van der Waals surface area contributed by atoms with Crippen molar-refractivity contribution in [2.24, 2.45) is 7.05 Å². The Morgan fingerprint density at radius 1 is 1.21 bits per heavy atom. The molecule has 6 heteroatoms. The molecule has 1 N–H and O–H groups in total. The first-order valence-corrected chi connectivity index (χ1v) is 7.38. The van der Waals surface area contributed by atoms with E-state index in [2.05, 4.69) is 10.3 Å². The molecule has 24 heavy (non-hydrogen) atoms. The first-order valence-electron chi connectivity index (χ1n) is 7.38. The molecule has 0 aliphatic carbocycles. The molecule has 122 valence electrons. The van der Waals surface area contributed by atoms with E-state index < -0.39 is 11.7 Å². The smallest absolute Gasteiger partial charge is 0.258 e. The lowest BCUT2D eigenvalue weighted by Gasteiger charge is -2.09. The Bertz CT molecular complexity index is 843. The molecule has 0 unspecified atom stereocenters. The van der Waals surface area contributed by atoms with Crippen LogP contribution in [0.5, 0.6) is 5.75 Å². The van der Waals surface area contributed by atoms with E-state index >= 15 is 0 Å². The number of carbonyl (C=O) groups is 1. The van der Waals surface area contributed by atoms with Gasteiger partial charge in [0, 0.05) is 25.1 Å². The SMILES string of the molecule is Cn1ccnc1COc1ccc(NC(=O)c2ccccc2F)cc1. The zero-order chi connectivity index (χ0) is 16.9. The van der Waals surface area contributed by atoms with Gasteiger partial charge in [-0.3, -0.25) is 4.79 Å². The minimum Gasteiger partial charge on any atom is -0.486 e. The number of benzene rings is 2. The number of imidazole rings is 1. The van der Waals surface area contributed by atoms with Gasteiger partial charge < -0.3 is 14.6 Å². The maximum Gasteiger partial charge on any atom is 0.258 e. The van der Waals surface area contributed by atoms with Gasteiger partial charge in [0.05, 0.1) is 5.56 Å². The molecule has 0 fully saturated rings. The average Bonchev–Trinajstić information content (AvgIpc) is 2.99. The largest absolute Gasteiger partial charge is 0.486 e. The van der Waals surface area contributed by atoms with Crippen LogP contribution >= 0.6 is 0 Å². The molecule has 0 saturated heterocycles. The summed E-state index contributed by atoms with van der Waals surface area (Å²) >= 11 is 0. The van der Waals surface area contributed by atoms with E-state index in [1.807, 2.05) is 17.8 Å². The Morgan fingerprint density at radius 3 is 2.62 bits per heavy atom. The van der Waals surface area contributed by atoms with E-state index in [9.17, 15) is 9.18 Å². The van der Waals surface area contributed by atoms with Gasteiger partial charge >= 0.3 is 0 Å². The van der Waals surface area contributed by atoms with Gasteiger partial charge in [0.15, 0.2) is 0 Å². The van der Waals surface area contributed by atoms with Crippen LogP contribution in [0, 0.1) is 5.82 Å². The lowest BCUT2D eigenvalue weighted by atomic mass is 10.2.